The first-order valence-electron chi connectivity index (χ1n) is 6.58. The fourth-order valence-corrected chi connectivity index (χ4v) is 1.98. The van der Waals surface area contributed by atoms with Crippen molar-refractivity contribution in [3.63, 3.8) is 0 Å². The number of hydrogen-bond acceptors (Lipinski definition) is 6. The molecule has 7 heteroatoms. The smallest absolute Gasteiger partial charge is 0.341 e. The van der Waals surface area contributed by atoms with Gasteiger partial charge in [-0.1, -0.05) is 0 Å². The second-order valence-electron chi connectivity index (χ2n) is 4.53. The quantitative estimate of drug-likeness (QED) is 0.634. The number of morpholine rings is 1. The number of benzene rings is 1. The van der Waals surface area contributed by atoms with Gasteiger partial charge in [0, 0.05) is 24.8 Å². The Kier molecular flexibility index (Phi) is 4.99. The molecule has 1 amide bonds. The number of hydrogen-bond donors (Lipinski definition) is 1. The largest absolute Gasteiger partial charge is 0.483 e. The number of nitrogen functional groups attached to an aromatic ring is 1. The van der Waals surface area contributed by atoms with Gasteiger partial charge in [-0.3, -0.25) is 4.79 Å². The summed E-state index contributed by atoms with van der Waals surface area (Å²) in [6, 6.07) is 4.58. The maximum Gasteiger partial charge on any atom is 0.341 e. The number of esters is 1. The van der Waals surface area contributed by atoms with E-state index in [1.54, 1.807) is 11.0 Å². The number of amides is 1. The van der Waals surface area contributed by atoms with Crippen molar-refractivity contribution >= 4 is 17.6 Å². The van der Waals surface area contributed by atoms with E-state index >= 15 is 0 Å². The van der Waals surface area contributed by atoms with Crippen LogP contribution in [0.4, 0.5) is 5.69 Å². The van der Waals surface area contributed by atoms with Crippen molar-refractivity contribution in [1.82, 2.24) is 4.90 Å². The van der Waals surface area contributed by atoms with Gasteiger partial charge in [-0.15, -0.1) is 0 Å². The number of ether oxygens (including phenoxy) is 3. The van der Waals surface area contributed by atoms with E-state index in [2.05, 4.69) is 4.74 Å². The van der Waals surface area contributed by atoms with E-state index in [0.717, 1.165) is 0 Å². The van der Waals surface area contributed by atoms with Crippen molar-refractivity contribution < 1.29 is 23.8 Å². The van der Waals surface area contributed by atoms with Crippen LogP contribution in [0.1, 0.15) is 10.4 Å². The van der Waals surface area contributed by atoms with Gasteiger partial charge >= 0.3 is 5.97 Å². The fourth-order valence-electron chi connectivity index (χ4n) is 1.98. The van der Waals surface area contributed by atoms with Crippen LogP contribution >= 0.6 is 0 Å². The molecule has 114 valence electrons. The highest BCUT2D eigenvalue weighted by atomic mass is 16.5. The molecule has 0 spiro atoms. The zero-order chi connectivity index (χ0) is 15.2. The lowest BCUT2D eigenvalue weighted by Crippen LogP contribution is -2.43. The molecule has 0 aliphatic carbocycles. The highest BCUT2D eigenvalue weighted by Gasteiger charge is 2.19. The average Bonchev–Trinajstić information content (AvgIpc) is 2.52. The second-order valence-corrected chi connectivity index (χ2v) is 4.53. The monoisotopic (exact) mass is 294 g/mol. The summed E-state index contributed by atoms with van der Waals surface area (Å²) in [6.45, 7) is 1.98. The lowest BCUT2D eigenvalue weighted by Gasteiger charge is -2.26. The Morgan fingerprint density at radius 3 is 2.71 bits per heavy atom. The molecule has 1 fully saturated rings. The van der Waals surface area contributed by atoms with Gasteiger partial charge in [0.25, 0.3) is 5.91 Å². The molecule has 2 rings (SSSR count). The molecule has 0 saturated carbocycles. The minimum absolute atomic E-state index is 0.156. The lowest BCUT2D eigenvalue weighted by atomic mass is 10.2. The second kappa shape index (κ2) is 6.94. The molecule has 1 aliphatic rings. The Balaban J connectivity index is 2.03. The Hall–Kier alpha value is -2.28. The summed E-state index contributed by atoms with van der Waals surface area (Å²) in [5.41, 5.74) is 6.35. The number of carbonyl (C=O) groups excluding carboxylic acids is 2. The topological polar surface area (TPSA) is 91.1 Å². The van der Waals surface area contributed by atoms with Gasteiger partial charge in [0.1, 0.15) is 11.3 Å². The van der Waals surface area contributed by atoms with Gasteiger partial charge in [0.05, 0.1) is 20.3 Å². The van der Waals surface area contributed by atoms with Gasteiger partial charge in [-0.2, -0.15) is 0 Å². The van der Waals surface area contributed by atoms with E-state index in [0.29, 0.717) is 32.0 Å². The van der Waals surface area contributed by atoms with E-state index in [-0.39, 0.29) is 23.8 Å². The summed E-state index contributed by atoms with van der Waals surface area (Å²) in [5.74, 6) is -0.455. The number of carbonyl (C=O) groups is 2. The molecule has 1 aromatic carbocycles. The Morgan fingerprint density at radius 1 is 1.33 bits per heavy atom. The van der Waals surface area contributed by atoms with Crippen molar-refractivity contribution in [2.75, 3.05) is 45.8 Å². The maximum atomic E-state index is 12.0. The summed E-state index contributed by atoms with van der Waals surface area (Å²) in [4.78, 5) is 25.3. The van der Waals surface area contributed by atoms with Crippen LogP contribution in [0.2, 0.25) is 0 Å². The number of rotatable bonds is 4. The molecular formula is C14H18N2O5. The molecular weight excluding hydrogens is 276 g/mol. The third-order valence-electron chi connectivity index (χ3n) is 3.13. The first-order valence-corrected chi connectivity index (χ1v) is 6.58. The molecule has 0 radical (unpaired) electrons. The highest BCUT2D eigenvalue weighted by molar-refractivity contribution is 5.93. The first kappa shape index (κ1) is 15.1. The molecule has 0 aromatic heterocycles. The summed E-state index contributed by atoms with van der Waals surface area (Å²) in [5, 5.41) is 0. The SMILES string of the molecule is COC(=O)c1ccc(N)cc1OCC(=O)N1CCOCC1. The summed E-state index contributed by atoms with van der Waals surface area (Å²) in [7, 11) is 1.28. The summed E-state index contributed by atoms with van der Waals surface area (Å²) < 4.78 is 15.3. The predicted molar refractivity (Wildman–Crippen MR) is 75.1 cm³/mol. The maximum absolute atomic E-state index is 12.0. The molecule has 0 atom stereocenters. The molecule has 1 heterocycles. The van der Waals surface area contributed by atoms with Crippen molar-refractivity contribution in [1.29, 1.82) is 0 Å². The fraction of sp³-hybridized carbons (Fsp3) is 0.429. The van der Waals surface area contributed by atoms with Gasteiger partial charge in [-0.25, -0.2) is 4.79 Å². The standard InChI is InChI=1S/C14H18N2O5/c1-19-14(18)11-3-2-10(15)8-12(11)21-9-13(17)16-4-6-20-7-5-16/h2-3,8H,4-7,9,15H2,1H3. The van der Waals surface area contributed by atoms with E-state index < -0.39 is 5.97 Å². The molecule has 0 unspecified atom stereocenters. The number of methoxy groups -OCH3 is 1. The normalized spacial score (nSPS) is 14.6. The third-order valence-corrected chi connectivity index (χ3v) is 3.13. The molecule has 1 aliphatic heterocycles. The van der Waals surface area contributed by atoms with Crippen molar-refractivity contribution in [2.24, 2.45) is 0 Å². The van der Waals surface area contributed by atoms with Crippen molar-refractivity contribution in [3.05, 3.63) is 23.8 Å². The average molecular weight is 294 g/mol. The van der Waals surface area contributed by atoms with E-state index in [1.807, 2.05) is 0 Å². The van der Waals surface area contributed by atoms with Gasteiger partial charge in [-0.05, 0) is 12.1 Å². The number of nitrogens with zero attached hydrogens (tertiary/aromatic N) is 1. The van der Waals surface area contributed by atoms with Gasteiger partial charge in [0.15, 0.2) is 6.61 Å². The van der Waals surface area contributed by atoms with E-state index in [9.17, 15) is 9.59 Å². The predicted octanol–water partition coefficient (Wildman–Crippen LogP) is 0.293. The first-order chi connectivity index (χ1) is 10.1. The number of nitrogens with two attached hydrogens (primary N) is 1. The lowest BCUT2D eigenvalue weighted by molar-refractivity contribution is -0.137. The van der Waals surface area contributed by atoms with Crippen molar-refractivity contribution in [2.45, 2.75) is 0 Å². The molecule has 7 nitrogen and oxygen atoms in total. The van der Waals surface area contributed by atoms with Crippen LogP contribution in [0.3, 0.4) is 0 Å². The zero-order valence-electron chi connectivity index (χ0n) is 11.8. The molecule has 1 saturated heterocycles. The van der Waals surface area contributed by atoms with Crippen LogP contribution in [0.5, 0.6) is 5.75 Å². The van der Waals surface area contributed by atoms with E-state index in [4.69, 9.17) is 15.2 Å². The van der Waals surface area contributed by atoms with Crippen LogP contribution < -0.4 is 10.5 Å². The number of anilines is 1. The highest BCUT2D eigenvalue weighted by Crippen LogP contribution is 2.22. The summed E-state index contributed by atoms with van der Waals surface area (Å²) >= 11 is 0. The Labute approximate surface area is 122 Å². The van der Waals surface area contributed by atoms with Crippen LogP contribution in [-0.2, 0) is 14.3 Å². The van der Waals surface area contributed by atoms with Crippen molar-refractivity contribution in [3.8, 4) is 5.75 Å². The molecule has 21 heavy (non-hydrogen) atoms. The van der Waals surface area contributed by atoms with Crippen LogP contribution in [0.25, 0.3) is 0 Å². The van der Waals surface area contributed by atoms with Crippen LogP contribution in [0, 0.1) is 0 Å². The Bertz CT molecular complexity index is 526. The molecule has 1 aromatic rings. The van der Waals surface area contributed by atoms with Gasteiger partial charge < -0.3 is 24.8 Å². The Morgan fingerprint density at radius 2 is 2.05 bits per heavy atom. The van der Waals surface area contributed by atoms with E-state index in [1.165, 1.54) is 19.2 Å². The third kappa shape index (κ3) is 3.85. The summed E-state index contributed by atoms with van der Waals surface area (Å²) in [6.07, 6.45) is 0. The van der Waals surface area contributed by atoms with Gasteiger partial charge in [0.2, 0.25) is 0 Å². The molecule has 2 N–H and O–H groups in total. The minimum Gasteiger partial charge on any atom is -0.483 e. The molecule has 0 bridgehead atoms. The van der Waals surface area contributed by atoms with Crippen LogP contribution in [-0.4, -0.2) is 56.8 Å². The minimum atomic E-state index is -0.538. The van der Waals surface area contributed by atoms with Crippen LogP contribution in [0.15, 0.2) is 18.2 Å². The zero-order valence-corrected chi connectivity index (χ0v) is 11.8.